The van der Waals surface area contributed by atoms with Gasteiger partial charge >= 0.3 is 0 Å². The third kappa shape index (κ3) is 3.73. The normalized spacial score (nSPS) is 11.7. The maximum atomic E-state index is 5.81. The van der Waals surface area contributed by atoms with Gasteiger partial charge in [0.15, 0.2) is 0 Å². The Kier molecular flexibility index (Phi) is 5.17. The summed E-state index contributed by atoms with van der Waals surface area (Å²) in [6.07, 6.45) is 0.956. The van der Waals surface area contributed by atoms with Crippen molar-refractivity contribution in [3.8, 4) is 5.75 Å². The van der Waals surface area contributed by atoms with E-state index in [-0.39, 0.29) is 6.04 Å². The van der Waals surface area contributed by atoms with Crippen LogP contribution in [0.4, 0.5) is 5.69 Å². The van der Waals surface area contributed by atoms with E-state index in [1.165, 1.54) is 5.56 Å². The molecule has 0 aliphatic rings. The number of hydrogen-bond donors (Lipinski definition) is 2. The van der Waals surface area contributed by atoms with Gasteiger partial charge in [0.25, 0.3) is 0 Å². The van der Waals surface area contributed by atoms with Crippen LogP contribution in [0.3, 0.4) is 0 Å². The molecule has 21 heavy (non-hydrogen) atoms. The van der Waals surface area contributed by atoms with Crippen molar-refractivity contribution in [2.24, 2.45) is 5.73 Å². The summed E-state index contributed by atoms with van der Waals surface area (Å²) in [5, 5.41) is 3.52. The number of ether oxygens (including phenoxy) is 1. The molecule has 0 aliphatic heterocycles. The third-order valence-electron chi connectivity index (χ3n) is 3.43. The molecule has 0 spiro atoms. The van der Waals surface area contributed by atoms with Crippen molar-refractivity contribution in [1.29, 1.82) is 0 Å². The lowest BCUT2D eigenvalue weighted by molar-refractivity contribution is 0.415. The average molecular weight is 300 g/mol. The monoisotopic (exact) mass is 300 g/mol. The van der Waals surface area contributed by atoms with Gasteiger partial charge in [-0.05, 0) is 24.1 Å². The molecule has 1 unspecified atom stereocenters. The first-order valence-corrected chi connectivity index (χ1v) is 7.35. The van der Waals surface area contributed by atoms with Crippen LogP contribution in [0, 0.1) is 0 Å². The van der Waals surface area contributed by atoms with E-state index in [4.69, 9.17) is 22.7 Å². The molecule has 0 amide bonds. The Bertz CT molecular complexity index is 613. The van der Waals surface area contributed by atoms with E-state index < -0.39 is 0 Å². The van der Waals surface area contributed by atoms with E-state index in [0.29, 0.717) is 4.99 Å². The second-order valence-corrected chi connectivity index (χ2v) is 5.23. The van der Waals surface area contributed by atoms with Crippen LogP contribution < -0.4 is 15.8 Å². The Morgan fingerprint density at radius 2 is 1.95 bits per heavy atom. The number of hydrogen-bond acceptors (Lipinski definition) is 3. The molecule has 0 aromatic heterocycles. The van der Waals surface area contributed by atoms with Crippen molar-refractivity contribution in [2.75, 3.05) is 12.4 Å². The zero-order valence-corrected chi connectivity index (χ0v) is 13.1. The second-order valence-electron chi connectivity index (χ2n) is 4.79. The van der Waals surface area contributed by atoms with Gasteiger partial charge in [0, 0.05) is 17.3 Å². The van der Waals surface area contributed by atoms with E-state index >= 15 is 0 Å². The highest BCUT2D eigenvalue weighted by molar-refractivity contribution is 7.80. The maximum Gasteiger partial charge on any atom is 0.120 e. The molecule has 0 radical (unpaired) electrons. The first kappa shape index (κ1) is 15.3. The summed E-state index contributed by atoms with van der Waals surface area (Å²) < 4.78 is 5.29. The van der Waals surface area contributed by atoms with E-state index in [2.05, 4.69) is 24.4 Å². The summed E-state index contributed by atoms with van der Waals surface area (Å²) in [5.74, 6) is 0.778. The van der Waals surface area contributed by atoms with Crippen LogP contribution in [0.2, 0.25) is 0 Å². The van der Waals surface area contributed by atoms with Crippen LogP contribution in [0.5, 0.6) is 5.75 Å². The van der Waals surface area contributed by atoms with E-state index in [0.717, 1.165) is 23.4 Å². The lowest BCUT2D eigenvalue weighted by Crippen LogP contribution is -2.16. The summed E-state index contributed by atoms with van der Waals surface area (Å²) in [6, 6.07) is 16.2. The average Bonchev–Trinajstić information content (AvgIpc) is 2.53. The Hall–Kier alpha value is -2.07. The standard InChI is InChI=1S/C17H20N2OS/c1-3-15(12-7-5-4-6-8-12)19-16-11-13(20-2)9-10-14(16)17(18)21/h4-11,15,19H,3H2,1-2H3,(H2,18,21). The van der Waals surface area contributed by atoms with Gasteiger partial charge in [0.2, 0.25) is 0 Å². The Balaban J connectivity index is 2.34. The highest BCUT2D eigenvalue weighted by Gasteiger charge is 2.13. The number of thiocarbonyl (C=S) groups is 1. The van der Waals surface area contributed by atoms with E-state index in [1.807, 2.05) is 36.4 Å². The highest BCUT2D eigenvalue weighted by Crippen LogP contribution is 2.28. The molecule has 0 heterocycles. The number of benzene rings is 2. The van der Waals surface area contributed by atoms with Crippen LogP contribution >= 0.6 is 12.2 Å². The van der Waals surface area contributed by atoms with Crippen LogP contribution in [0.1, 0.15) is 30.5 Å². The van der Waals surface area contributed by atoms with Crippen molar-refractivity contribution in [1.82, 2.24) is 0 Å². The molecule has 0 saturated heterocycles. The number of nitrogens with two attached hydrogens (primary N) is 1. The van der Waals surface area contributed by atoms with E-state index in [1.54, 1.807) is 7.11 Å². The summed E-state index contributed by atoms with van der Waals surface area (Å²) in [7, 11) is 1.65. The molecule has 0 aliphatic carbocycles. The summed E-state index contributed by atoms with van der Waals surface area (Å²) in [6.45, 7) is 2.14. The van der Waals surface area contributed by atoms with Crippen LogP contribution in [-0.4, -0.2) is 12.1 Å². The fourth-order valence-electron chi connectivity index (χ4n) is 2.28. The molecule has 3 nitrogen and oxygen atoms in total. The van der Waals surface area contributed by atoms with Gasteiger partial charge in [-0.3, -0.25) is 0 Å². The summed E-state index contributed by atoms with van der Waals surface area (Å²) >= 11 is 5.13. The topological polar surface area (TPSA) is 47.3 Å². The molecule has 4 heteroatoms. The molecule has 0 bridgehead atoms. The Morgan fingerprint density at radius 1 is 1.24 bits per heavy atom. The SMILES string of the molecule is CCC(Nc1cc(OC)ccc1C(N)=S)c1ccccc1. The van der Waals surface area contributed by atoms with Crippen molar-refractivity contribution < 1.29 is 4.74 Å². The first-order chi connectivity index (χ1) is 10.2. The van der Waals surface area contributed by atoms with Gasteiger partial charge in [0.1, 0.15) is 10.7 Å². The Morgan fingerprint density at radius 3 is 2.52 bits per heavy atom. The van der Waals surface area contributed by atoms with Crippen LogP contribution in [-0.2, 0) is 0 Å². The molecular formula is C17H20N2OS. The predicted molar refractivity (Wildman–Crippen MR) is 92.0 cm³/mol. The number of methoxy groups -OCH3 is 1. The zero-order chi connectivity index (χ0) is 15.2. The highest BCUT2D eigenvalue weighted by atomic mass is 32.1. The molecule has 0 saturated carbocycles. The summed E-state index contributed by atoms with van der Waals surface area (Å²) in [5.41, 5.74) is 8.78. The molecule has 1 atom stereocenters. The van der Waals surface area contributed by atoms with Gasteiger partial charge in [-0.1, -0.05) is 49.5 Å². The van der Waals surface area contributed by atoms with Crippen molar-refractivity contribution >= 4 is 22.9 Å². The minimum absolute atomic E-state index is 0.200. The maximum absolute atomic E-state index is 5.81. The lowest BCUT2D eigenvalue weighted by Gasteiger charge is -2.21. The molecule has 110 valence electrons. The quantitative estimate of drug-likeness (QED) is 0.795. The molecule has 2 aromatic carbocycles. The molecule has 3 N–H and O–H groups in total. The minimum atomic E-state index is 0.200. The Labute approximate surface area is 131 Å². The number of nitrogens with one attached hydrogen (secondary N) is 1. The summed E-state index contributed by atoms with van der Waals surface area (Å²) in [4.78, 5) is 0.378. The third-order valence-corrected chi connectivity index (χ3v) is 3.65. The van der Waals surface area contributed by atoms with Crippen LogP contribution in [0.25, 0.3) is 0 Å². The van der Waals surface area contributed by atoms with Gasteiger partial charge in [-0.2, -0.15) is 0 Å². The minimum Gasteiger partial charge on any atom is -0.497 e. The van der Waals surface area contributed by atoms with Crippen molar-refractivity contribution in [3.05, 3.63) is 59.7 Å². The van der Waals surface area contributed by atoms with Crippen LogP contribution in [0.15, 0.2) is 48.5 Å². The predicted octanol–water partition coefficient (Wildman–Crippen LogP) is 3.89. The molecule has 2 aromatic rings. The smallest absolute Gasteiger partial charge is 0.120 e. The fourth-order valence-corrected chi connectivity index (χ4v) is 2.46. The molecular weight excluding hydrogens is 280 g/mol. The fraction of sp³-hybridized carbons (Fsp3) is 0.235. The number of rotatable bonds is 6. The van der Waals surface area contributed by atoms with Crippen molar-refractivity contribution in [2.45, 2.75) is 19.4 Å². The van der Waals surface area contributed by atoms with Crippen molar-refractivity contribution in [3.63, 3.8) is 0 Å². The van der Waals surface area contributed by atoms with Gasteiger partial charge in [-0.25, -0.2) is 0 Å². The molecule has 2 rings (SSSR count). The largest absolute Gasteiger partial charge is 0.497 e. The number of anilines is 1. The lowest BCUT2D eigenvalue weighted by atomic mass is 10.0. The first-order valence-electron chi connectivity index (χ1n) is 6.95. The second kappa shape index (κ2) is 7.09. The van der Waals surface area contributed by atoms with Gasteiger partial charge < -0.3 is 15.8 Å². The zero-order valence-electron chi connectivity index (χ0n) is 12.3. The van der Waals surface area contributed by atoms with E-state index in [9.17, 15) is 0 Å². The van der Waals surface area contributed by atoms with Gasteiger partial charge in [-0.15, -0.1) is 0 Å². The van der Waals surface area contributed by atoms with Gasteiger partial charge in [0.05, 0.1) is 13.2 Å². The molecule has 0 fully saturated rings.